The van der Waals surface area contributed by atoms with Crippen LogP contribution in [0.5, 0.6) is 0 Å². The van der Waals surface area contributed by atoms with Gasteiger partial charge in [-0.1, -0.05) is 0 Å². The van der Waals surface area contributed by atoms with Gasteiger partial charge < -0.3 is 16.1 Å². The summed E-state index contributed by atoms with van der Waals surface area (Å²) in [4.78, 5) is 21.6. The van der Waals surface area contributed by atoms with Crippen LogP contribution in [0.4, 0.5) is 6.63 Å². The van der Waals surface area contributed by atoms with Crippen LogP contribution in [0.3, 0.4) is 0 Å². The van der Waals surface area contributed by atoms with Crippen molar-refractivity contribution in [3.05, 3.63) is 0 Å². The van der Waals surface area contributed by atoms with Gasteiger partial charge in [-0.05, 0) is 0 Å². The summed E-state index contributed by atoms with van der Waals surface area (Å²) in [5, 5.41) is 0. The zero-order valence-corrected chi connectivity index (χ0v) is 8.52. The van der Waals surface area contributed by atoms with E-state index in [0.29, 0.717) is 0 Å². The third-order valence-corrected chi connectivity index (χ3v) is 0. The van der Waals surface area contributed by atoms with Crippen LogP contribution in [0.2, 0.25) is 0 Å². The molecule has 0 amide bonds. The van der Waals surface area contributed by atoms with Gasteiger partial charge in [-0.2, -0.15) is 0 Å². The van der Waals surface area contributed by atoms with Gasteiger partial charge in [0.15, 0.2) is 0 Å². The molecule has 9 heteroatoms. The molecule has 0 aromatic rings. The molecule has 0 aliphatic heterocycles. The molecule has 0 bridgehead atoms. The van der Waals surface area contributed by atoms with Crippen LogP contribution < -0.4 is 18.9 Å². The Morgan fingerprint density at radius 3 is 1.33 bits per heavy atom. The minimum atomic E-state index is -4.64. The third kappa shape index (κ3) is 335. The maximum Gasteiger partial charge on any atom is 1.00 e. The molecule has 0 rings (SSSR count). The molecule has 9 heavy (non-hydrogen) atoms. The quantitative estimate of drug-likeness (QED) is 0.294. The normalized spacial score (nSPS) is 7.67. The average Bonchev–Trinajstić information content (AvgIpc) is 1.27. The molecule has 0 heterocycles. The minimum absolute atomic E-state index is 0. The summed E-state index contributed by atoms with van der Waals surface area (Å²) in [5.74, 6) is 0. The van der Waals surface area contributed by atoms with E-state index >= 15 is 0 Å². The van der Waals surface area contributed by atoms with Crippen LogP contribution in [0.15, 0.2) is 0 Å². The van der Waals surface area contributed by atoms with Crippen LogP contribution in [-0.4, -0.2) is 14.7 Å². The topological polar surface area (TPSA) is 77.8 Å². The first-order valence-electron chi connectivity index (χ1n) is 1.32. The molecule has 50 valence electrons. The SMILES string of the molecule is O=P(O)(O)O.[F][Zn][F].[H-].[Li+]. The summed E-state index contributed by atoms with van der Waals surface area (Å²) in [6, 6.07) is 0. The van der Waals surface area contributed by atoms with Gasteiger partial charge in [-0.15, -0.1) is 0 Å². The molecule has 0 saturated heterocycles. The van der Waals surface area contributed by atoms with E-state index in [1.165, 1.54) is 0 Å². The van der Waals surface area contributed by atoms with Crippen molar-refractivity contribution in [3.8, 4) is 0 Å². The Kier molecular flexibility index (Phi) is 17.0. The van der Waals surface area contributed by atoms with E-state index in [1.54, 1.807) is 0 Å². The van der Waals surface area contributed by atoms with Crippen molar-refractivity contribution < 1.29 is 64.3 Å². The van der Waals surface area contributed by atoms with Crippen molar-refractivity contribution in [1.29, 1.82) is 0 Å². The predicted molar refractivity (Wildman–Crippen MR) is 17.6 cm³/mol. The molecule has 0 fully saturated rings. The monoisotopic (exact) mass is 208 g/mol. The Morgan fingerprint density at radius 2 is 1.33 bits per heavy atom. The number of hydrogen-bond acceptors (Lipinski definition) is 1. The number of phosphoric acid groups is 1. The summed E-state index contributed by atoms with van der Waals surface area (Å²) in [6.45, 7) is 0. The van der Waals surface area contributed by atoms with E-state index in [9.17, 15) is 6.63 Å². The minimum Gasteiger partial charge on any atom is -1.00 e. The fourth-order valence-corrected chi connectivity index (χ4v) is 0. The molecule has 0 atom stereocenters. The second kappa shape index (κ2) is 9.19. The smallest absolute Gasteiger partial charge is 1.00 e. The van der Waals surface area contributed by atoms with Crippen molar-refractivity contribution in [3.63, 3.8) is 0 Å². The maximum atomic E-state index is 9.81. The average molecular weight is 209 g/mol. The van der Waals surface area contributed by atoms with Crippen LogP contribution in [0, 0.1) is 0 Å². The third-order valence-electron chi connectivity index (χ3n) is 0. The van der Waals surface area contributed by atoms with Crippen molar-refractivity contribution in [2.24, 2.45) is 0 Å². The van der Waals surface area contributed by atoms with E-state index < -0.39 is 25.9 Å². The first-order chi connectivity index (χ1) is 3.41. The van der Waals surface area contributed by atoms with E-state index in [4.69, 9.17) is 19.2 Å². The van der Waals surface area contributed by atoms with Crippen LogP contribution >= 0.6 is 7.82 Å². The Hall–Kier alpha value is 1.19. The van der Waals surface area contributed by atoms with Gasteiger partial charge in [-0.25, -0.2) is 4.57 Å². The molecule has 4 nitrogen and oxygen atoms in total. The van der Waals surface area contributed by atoms with Gasteiger partial charge >= 0.3 is 51.4 Å². The molecule has 0 aromatic heterocycles. The van der Waals surface area contributed by atoms with Crippen LogP contribution in [-0.2, 0) is 22.7 Å². The van der Waals surface area contributed by atoms with Gasteiger partial charge in [0.1, 0.15) is 0 Å². The Morgan fingerprint density at radius 1 is 1.33 bits per heavy atom. The Balaban J connectivity index is -0.0000000326. The van der Waals surface area contributed by atoms with Crippen molar-refractivity contribution in [2.75, 3.05) is 0 Å². The molecule has 0 aliphatic carbocycles. The van der Waals surface area contributed by atoms with Gasteiger partial charge in [0, 0.05) is 0 Å². The molecule has 0 aliphatic rings. The zero-order valence-electron chi connectivity index (χ0n) is 5.66. The second-order valence-electron chi connectivity index (χ2n) is 0.614. The van der Waals surface area contributed by atoms with Crippen molar-refractivity contribution in [1.82, 2.24) is 0 Å². The van der Waals surface area contributed by atoms with Gasteiger partial charge in [-0.3, -0.25) is 0 Å². The molecule has 0 radical (unpaired) electrons. The van der Waals surface area contributed by atoms with E-state index in [1.807, 2.05) is 0 Å². The predicted octanol–water partition coefficient (Wildman–Crippen LogP) is -2.97. The van der Waals surface area contributed by atoms with Crippen LogP contribution in [0.25, 0.3) is 0 Å². The molecule has 0 aromatic carbocycles. The largest absolute Gasteiger partial charge is 1.00 e. The molecule has 0 unspecified atom stereocenters. The van der Waals surface area contributed by atoms with Gasteiger partial charge in [0.25, 0.3) is 0 Å². The summed E-state index contributed by atoms with van der Waals surface area (Å²) in [6.07, 6.45) is 0. The zero-order chi connectivity index (χ0) is 7.21. The second-order valence-corrected chi connectivity index (χ2v) is 2.06. The Labute approximate surface area is 72.3 Å². The van der Waals surface area contributed by atoms with E-state index in [0.717, 1.165) is 0 Å². The first-order valence-corrected chi connectivity index (χ1v) is 5.13. The summed E-state index contributed by atoms with van der Waals surface area (Å²) in [7, 11) is -4.64. The molecule has 3 N–H and O–H groups in total. The van der Waals surface area contributed by atoms with Crippen LogP contribution in [0.1, 0.15) is 1.43 Å². The summed E-state index contributed by atoms with van der Waals surface area (Å²) < 4.78 is 28.5. The Bertz CT molecular complexity index is 79.1. The van der Waals surface area contributed by atoms with Gasteiger partial charge in [0.2, 0.25) is 0 Å². The molecular weight excluding hydrogens is 205 g/mol. The van der Waals surface area contributed by atoms with E-state index in [-0.39, 0.29) is 20.3 Å². The standard InChI is InChI=1S/2FH.Li.H3O4P.Zn.H/c;;;1-5(2,3)4;;/h2*1H;;(H3,1,2,3,4);;/q;;+1;;+2;-1/p-2. The molecule has 0 saturated carbocycles. The number of hydrogen-bond donors (Lipinski definition) is 3. The molecule has 0 spiro atoms. The van der Waals surface area contributed by atoms with Gasteiger partial charge in [0.05, 0.1) is 0 Å². The summed E-state index contributed by atoms with van der Waals surface area (Å²) in [5.41, 5.74) is 0. The maximum absolute atomic E-state index is 9.81. The molecular formula is H4F2LiO4PZn. The number of rotatable bonds is 0. The fraction of sp³-hybridized carbons (Fsp3) is 0. The van der Waals surface area contributed by atoms with E-state index in [2.05, 4.69) is 0 Å². The fourth-order valence-electron chi connectivity index (χ4n) is 0. The summed E-state index contributed by atoms with van der Waals surface area (Å²) >= 11 is -2.88. The van der Waals surface area contributed by atoms with Crippen molar-refractivity contribution in [2.45, 2.75) is 0 Å². The van der Waals surface area contributed by atoms with Crippen molar-refractivity contribution >= 4 is 7.82 Å². The first kappa shape index (κ1) is 16.6. The number of halogens is 2.